The molecule has 4 N–H and O–H groups in total. The number of rotatable bonds is 14. The molecule has 27 heavy (non-hydrogen) atoms. The number of hydrogen-bond acceptors (Lipinski definition) is 5. The summed E-state index contributed by atoms with van der Waals surface area (Å²) in [4.78, 5) is 0. The summed E-state index contributed by atoms with van der Waals surface area (Å²) in [6.45, 7) is 5.20. The van der Waals surface area contributed by atoms with E-state index in [-0.39, 0.29) is 21.2 Å². The molecule has 2 aliphatic rings. The van der Waals surface area contributed by atoms with E-state index in [1.807, 2.05) is 0 Å². The van der Waals surface area contributed by atoms with Crippen molar-refractivity contribution in [2.75, 3.05) is 38.5 Å². The number of halogens is 1. The first kappa shape index (κ1) is 23.6. The molecule has 2 saturated carbocycles. The average molecular weight is 510 g/mol. The second kappa shape index (κ2) is 16.2. The van der Waals surface area contributed by atoms with E-state index in [2.05, 4.69) is 38.0 Å². The van der Waals surface area contributed by atoms with E-state index in [9.17, 15) is 0 Å². The second-order valence-corrected chi connectivity index (χ2v) is 11.4. The molecule has 6 heteroatoms. The van der Waals surface area contributed by atoms with Gasteiger partial charge in [0, 0.05) is 0 Å². The summed E-state index contributed by atoms with van der Waals surface area (Å²) in [5, 5.41) is 14.5. The van der Waals surface area contributed by atoms with E-state index in [0.29, 0.717) is 6.04 Å². The van der Waals surface area contributed by atoms with Crippen LogP contribution in [0.25, 0.3) is 0 Å². The fourth-order valence-corrected chi connectivity index (χ4v) is 6.86. The SMILES string of the molecule is SCCCNCCNCCN/C(=C/[I-]C1CCCCC1)NC1CCCCC1. The molecule has 4 nitrogen and oxygen atoms in total. The van der Waals surface area contributed by atoms with Crippen LogP contribution in [0, 0.1) is 0 Å². The monoisotopic (exact) mass is 509 g/mol. The van der Waals surface area contributed by atoms with Crippen molar-refractivity contribution in [1.29, 1.82) is 0 Å². The summed E-state index contributed by atoms with van der Waals surface area (Å²) in [5.41, 5.74) is 0. The molecule has 2 fully saturated rings. The van der Waals surface area contributed by atoms with Gasteiger partial charge in [-0.15, -0.1) is 0 Å². The van der Waals surface area contributed by atoms with Crippen molar-refractivity contribution in [3.63, 3.8) is 0 Å². The van der Waals surface area contributed by atoms with Crippen molar-refractivity contribution in [2.24, 2.45) is 0 Å². The summed E-state index contributed by atoms with van der Waals surface area (Å²) in [6.07, 6.45) is 15.4. The summed E-state index contributed by atoms with van der Waals surface area (Å²) in [5.74, 6) is 2.31. The molecule has 0 radical (unpaired) electrons. The van der Waals surface area contributed by atoms with E-state index >= 15 is 0 Å². The van der Waals surface area contributed by atoms with E-state index in [0.717, 1.165) is 48.8 Å². The average Bonchev–Trinajstić information content (AvgIpc) is 2.72. The Morgan fingerprint density at radius 1 is 0.815 bits per heavy atom. The van der Waals surface area contributed by atoms with E-state index in [1.54, 1.807) is 0 Å². The Balaban J connectivity index is 1.64. The number of nitrogens with one attached hydrogen (secondary N) is 4. The van der Waals surface area contributed by atoms with Gasteiger partial charge >= 0.3 is 171 Å². The zero-order valence-corrected chi connectivity index (χ0v) is 20.1. The van der Waals surface area contributed by atoms with E-state index in [4.69, 9.17) is 0 Å². The fourth-order valence-electron chi connectivity index (χ4n) is 3.84. The maximum absolute atomic E-state index is 4.24. The van der Waals surface area contributed by atoms with Crippen LogP contribution in [0.1, 0.15) is 70.6 Å². The van der Waals surface area contributed by atoms with Crippen molar-refractivity contribution < 1.29 is 21.2 Å². The van der Waals surface area contributed by atoms with Crippen LogP contribution in [0.5, 0.6) is 0 Å². The first-order valence-electron chi connectivity index (χ1n) is 11.2. The van der Waals surface area contributed by atoms with Gasteiger partial charge in [0.25, 0.3) is 0 Å². The molecule has 2 aliphatic carbocycles. The molecule has 0 unspecified atom stereocenters. The normalized spacial score (nSPS) is 20.1. The predicted molar refractivity (Wildman–Crippen MR) is 117 cm³/mol. The molecule has 0 amide bonds. The molecule has 0 aromatic carbocycles. The molecule has 0 atom stereocenters. The molecule has 0 saturated heterocycles. The Kier molecular flexibility index (Phi) is 14.1. The summed E-state index contributed by atoms with van der Waals surface area (Å²) in [6, 6.07) is 0.692. The van der Waals surface area contributed by atoms with Crippen molar-refractivity contribution in [3.8, 4) is 0 Å². The molecule has 0 bridgehead atoms. The predicted octanol–water partition coefficient (Wildman–Crippen LogP) is 0.218. The third-order valence-electron chi connectivity index (χ3n) is 5.46. The Labute approximate surface area is 183 Å². The maximum atomic E-state index is 4.24. The standard InChI is InChI=1S/C21H42IN4S/c27-17-7-12-23-13-14-24-15-16-25-21(26-20-10-5-2-6-11-20)18-22-19-8-3-1-4-9-19/h18-20,23-27H,1-17H2/q-1/b21-18-. The van der Waals surface area contributed by atoms with Gasteiger partial charge in [-0.2, -0.15) is 12.6 Å². The van der Waals surface area contributed by atoms with Gasteiger partial charge in [0.1, 0.15) is 0 Å². The van der Waals surface area contributed by atoms with Crippen LogP contribution in [-0.4, -0.2) is 48.4 Å². The van der Waals surface area contributed by atoms with Crippen LogP contribution in [0.2, 0.25) is 0 Å². The molecule has 0 aromatic heterocycles. The quantitative estimate of drug-likeness (QED) is 0.101. The topological polar surface area (TPSA) is 48.1 Å². The van der Waals surface area contributed by atoms with Gasteiger partial charge in [0.15, 0.2) is 0 Å². The van der Waals surface area contributed by atoms with Crippen LogP contribution < -0.4 is 42.5 Å². The van der Waals surface area contributed by atoms with E-state index in [1.165, 1.54) is 70.0 Å². The van der Waals surface area contributed by atoms with Crippen LogP contribution in [0.4, 0.5) is 0 Å². The number of thiol groups is 1. The van der Waals surface area contributed by atoms with E-state index < -0.39 is 0 Å². The van der Waals surface area contributed by atoms with Gasteiger partial charge in [0.2, 0.25) is 0 Å². The minimum absolute atomic E-state index is 0.172. The van der Waals surface area contributed by atoms with Gasteiger partial charge in [-0.05, 0) is 0 Å². The zero-order chi connectivity index (χ0) is 19.0. The fraction of sp³-hybridized carbons (Fsp3) is 0.905. The summed E-state index contributed by atoms with van der Waals surface area (Å²) < 4.78 is 3.59. The summed E-state index contributed by atoms with van der Waals surface area (Å²) in [7, 11) is 0. The van der Waals surface area contributed by atoms with Crippen molar-refractivity contribution in [3.05, 3.63) is 9.90 Å². The van der Waals surface area contributed by atoms with Gasteiger partial charge in [-0.25, -0.2) is 0 Å². The third kappa shape index (κ3) is 11.8. The number of hydrogen-bond donors (Lipinski definition) is 5. The van der Waals surface area contributed by atoms with Crippen LogP contribution in [0.3, 0.4) is 0 Å². The van der Waals surface area contributed by atoms with Gasteiger partial charge in [-0.1, -0.05) is 0 Å². The van der Waals surface area contributed by atoms with Gasteiger partial charge in [0.05, 0.1) is 0 Å². The molecule has 0 heterocycles. The van der Waals surface area contributed by atoms with Crippen molar-refractivity contribution >= 4 is 12.6 Å². The molecule has 0 aromatic rings. The third-order valence-corrected chi connectivity index (χ3v) is 9.02. The Morgan fingerprint density at radius 2 is 1.44 bits per heavy atom. The van der Waals surface area contributed by atoms with Gasteiger partial charge in [-0.3, -0.25) is 0 Å². The van der Waals surface area contributed by atoms with Crippen LogP contribution in [0.15, 0.2) is 9.90 Å². The zero-order valence-electron chi connectivity index (χ0n) is 17.1. The number of alkyl halides is 1. The van der Waals surface area contributed by atoms with Crippen molar-refractivity contribution in [1.82, 2.24) is 21.3 Å². The summed E-state index contributed by atoms with van der Waals surface area (Å²) >= 11 is 4.41. The van der Waals surface area contributed by atoms with Gasteiger partial charge < -0.3 is 0 Å². The Hall–Kier alpha value is 0.340. The minimum atomic E-state index is 0.172. The molecule has 160 valence electrons. The first-order chi connectivity index (χ1) is 13.4. The molecular formula is C21H42IN4S-. The molecular weight excluding hydrogens is 467 g/mol. The van der Waals surface area contributed by atoms with Crippen molar-refractivity contribution in [2.45, 2.75) is 80.6 Å². The molecule has 0 spiro atoms. The first-order valence-corrected chi connectivity index (χ1v) is 14.4. The Morgan fingerprint density at radius 3 is 2.15 bits per heavy atom. The Bertz CT molecular complexity index is 382. The van der Waals surface area contributed by atoms with Crippen LogP contribution in [-0.2, 0) is 0 Å². The van der Waals surface area contributed by atoms with Crippen LogP contribution >= 0.6 is 12.6 Å². The second-order valence-electron chi connectivity index (χ2n) is 7.87. The molecule has 0 aliphatic heterocycles. The molecule has 2 rings (SSSR count).